The first-order valence-corrected chi connectivity index (χ1v) is 6.52. The van der Waals surface area contributed by atoms with Crippen LogP contribution >= 0.6 is 15.9 Å². The molecule has 0 aliphatic carbocycles. The van der Waals surface area contributed by atoms with Crippen LogP contribution in [0.5, 0.6) is 17.4 Å². The second kappa shape index (κ2) is 5.92. The van der Waals surface area contributed by atoms with Crippen LogP contribution in [0.15, 0.2) is 34.9 Å². The summed E-state index contributed by atoms with van der Waals surface area (Å²) in [5.74, 6) is -0.0546. The molecule has 20 heavy (non-hydrogen) atoms. The van der Waals surface area contributed by atoms with Crippen molar-refractivity contribution >= 4 is 21.9 Å². The van der Waals surface area contributed by atoms with Crippen molar-refractivity contribution in [2.75, 3.05) is 7.11 Å². The van der Waals surface area contributed by atoms with Crippen LogP contribution in [0.4, 0.5) is 0 Å². The number of aromatic nitrogens is 1. The minimum Gasteiger partial charge on any atom is -0.497 e. The third-order valence-corrected chi connectivity index (χ3v) is 3.05. The molecule has 0 bridgehead atoms. The number of aromatic carboxylic acids is 1. The van der Waals surface area contributed by atoms with Crippen LogP contribution in [0.2, 0.25) is 0 Å². The number of aryl methyl sites for hydroxylation is 1. The fourth-order valence-electron chi connectivity index (χ4n) is 1.63. The third-order valence-electron chi connectivity index (χ3n) is 2.62. The molecule has 1 N–H and O–H groups in total. The fraction of sp³-hybridized carbons (Fsp3) is 0.143. The number of rotatable bonds is 4. The Morgan fingerprint density at radius 1 is 1.35 bits per heavy atom. The third kappa shape index (κ3) is 3.08. The Labute approximate surface area is 124 Å². The number of carboxylic acid groups (broad SMARTS) is 1. The predicted octanol–water partition coefficient (Wildman–Crippen LogP) is 3.65. The van der Waals surface area contributed by atoms with Crippen LogP contribution in [0.3, 0.4) is 0 Å². The standard InChI is InChI=1S/C14H12BrNO4/c1-8-5-9(15)7-16-13(8)20-12-4-3-10(19-2)6-11(12)14(17)18/h3-7H,1-2H3,(H,17,18). The average molecular weight is 338 g/mol. The number of halogens is 1. The second-order valence-electron chi connectivity index (χ2n) is 4.04. The van der Waals surface area contributed by atoms with E-state index in [9.17, 15) is 9.90 Å². The molecular formula is C14H12BrNO4. The highest BCUT2D eigenvalue weighted by Crippen LogP contribution is 2.30. The molecular weight excluding hydrogens is 326 g/mol. The molecule has 2 rings (SSSR count). The summed E-state index contributed by atoms with van der Waals surface area (Å²) in [5, 5.41) is 9.21. The predicted molar refractivity (Wildman–Crippen MR) is 76.7 cm³/mol. The Kier molecular flexibility index (Phi) is 4.24. The van der Waals surface area contributed by atoms with Crippen molar-refractivity contribution in [2.45, 2.75) is 6.92 Å². The van der Waals surface area contributed by atoms with E-state index in [-0.39, 0.29) is 11.3 Å². The van der Waals surface area contributed by atoms with Crippen LogP contribution in [0.1, 0.15) is 15.9 Å². The van der Waals surface area contributed by atoms with Gasteiger partial charge in [-0.2, -0.15) is 0 Å². The van der Waals surface area contributed by atoms with Gasteiger partial charge in [0.1, 0.15) is 17.1 Å². The number of ether oxygens (including phenoxy) is 2. The van der Waals surface area contributed by atoms with Gasteiger partial charge in [0.05, 0.1) is 7.11 Å². The van der Waals surface area contributed by atoms with Gasteiger partial charge in [0, 0.05) is 16.2 Å². The molecule has 0 aliphatic rings. The minimum atomic E-state index is -1.09. The summed E-state index contributed by atoms with van der Waals surface area (Å²) >= 11 is 3.31. The number of nitrogens with zero attached hydrogens (tertiary/aromatic N) is 1. The average Bonchev–Trinajstić information content (AvgIpc) is 2.42. The summed E-state index contributed by atoms with van der Waals surface area (Å²) in [5.41, 5.74) is 0.819. The lowest BCUT2D eigenvalue weighted by Crippen LogP contribution is -2.02. The highest BCUT2D eigenvalue weighted by atomic mass is 79.9. The number of carbonyl (C=O) groups is 1. The van der Waals surface area contributed by atoms with Crippen molar-refractivity contribution in [1.82, 2.24) is 4.98 Å². The molecule has 1 aromatic heterocycles. The highest BCUT2D eigenvalue weighted by molar-refractivity contribution is 9.10. The molecule has 0 radical (unpaired) electrons. The van der Waals surface area contributed by atoms with Crippen molar-refractivity contribution in [3.8, 4) is 17.4 Å². The van der Waals surface area contributed by atoms with Crippen molar-refractivity contribution in [3.05, 3.63) is 46.1 Å². The van der Waals surface area contributed by atoms with Gasteiger partial charge in [-0.3, -0.25) is 0 Å². The van der Waals surface area contributed by atoms with Crippen molar-refractivity contribution < 1.29 is 19.4 Å². The van der Waals surface area contributed by atoms with Gasteiger partial charge in [-0.1, -0.05) is 0 Å². The Hall–Kier alpha value is -2.08. The molecule has 0 fully saturated rings. The molecule has 104 valence electrons. The van der Waals surface area contributed by atoms with Crippen LogP contribution in [0, 0.1) is 6.92 Å². The smallest absolute Gasteiger partial charge is 0.339 e. The molecule has 2 aromatic rings. The van der Waals surface area contributed by atoms with E-state index in [1.807, 2.05) is 13.0 Å². The molecule has 0 amide bonds. The molecule has 0 saturated heterocycles. The van der Waals surface area contributed by atoms with E-state index in [4.69, 9.17) is 9.47 Å². The zero-order valence-corrected chi connectivity index (χ0v) is 12.5. The number of hydrogen-bond donors (Lipinski definition) is 1. The largest absolute Gasteiger partial charge is 0.497 e. The van der Waals surface area contributed by atoms with Crippen molar-refractivity contribution in [2.24, 2.45) is 0 Å². The second-order valence-corrected chi connectivity index (χ2v) is 4.96. The minimum absolute atomic E-state index is 0.0217. The molecule has 0 saturated carbocycles. The maximum atomic E-state index is 11.3. The number of pyridine rings is 1. The lowest BCUT2D eigenvalue weighted by Gasteiger charge is -2.11. The molecule has 0 unspecified atom stereocenters. The van der Waals surface area contributed by atoms with Crippen molar-refractivity contribution in [3.63, 3.8) is 0 Å². The molecule has 1 aromatic carbocycles. The van der Waals surface area contributed by atoms with Crippen LogP contribution in [0.25, 0.3) is 0 Å². The summed E-state index contributed by atoms with van der Waals surface area (Å²) in [4.78, 5) is 15.4. The first-order valence-electron chi connectivity index (χ1n) is 5.72. The van der Waals surface area contributed by atoms with Gasteiger partial charge in [0.25, 0.3) is 0 Å². The monoisotopic (exact) mass is 337 g/mol. The van der Waals surface area contributed by atoms with Gasteiger partial charge in [-0.25, -0.2) is 9.78 Å². The number of hydrogen-bond acceptors (Lipinski definition) is 4. The normalized spacial score (nSPS) is 10.2. The summed E-state index contributed by atoms with van der Waals surface area (Å²) in [6.07, 6.45) is 1.59. The molecule has 0 spiro atoms. The Morgan fingerprint density at radius 2 is 2.10 bits per heavy atom. The summed E-state index contributed by atoms with van der Waals surface area (Å²) < 4.78 is 11.4. The fourth-order valence-corrected chi connectivity index (χ4v) is 2.08. The van der Waals surface area contributed by atoms with E-state index in [0.29, 0.717) is 11.6 Å². The quantitative estimate of drug-likeness (QED) is 0.922. The van der Waals surface area contributed by atoms with E-state index in [1.54, 1.807) is 18.3 Å². The SMILES string of the molecule is COc1ccc(Oc2ncc(Br)cc2C)c(C(=O)O)c1. The first-order chi connectivity index (χ1) is 9.51. The molecule has 6 heteroatoms. The maximum absolute atomic E-state index is 11.3. The lowest BCUT2D eigenvalue weighted by molar-refractivity contribution is 0.0693. The van der Waals surface area contributed by atoms with E-state index >= 15 is 0 Å². The molecule has 5 nitrogen and oxygen atoms in total. The van der Waals surface area contributed by atoms with Crippen LogP contribution in [-0.4, -0.2) is 23.2 Å². The Bertz CT molecular complexity index is 658. The zero-order valence-electron chi connectivity index (χ0n) is 10.9. The van der Waals surface area contributed by atoms with Crippen molar-refractivity contribution in [1.29, 1.82) is 0 Å². The maximum Gasteiger partial charge on any atom is 0.339 e. The van der Waals surface area contributed by atoms with Gasteiger partial charge < -0.3 is 14.6 Å². The first kappa shape index (κ1) is 14.3. The van der Waals surface area contributed by atoms with Gasteiger partial charge in [-0.05, 0) is 47.1 Å². The summed E-state index contributed by atoms with van der Waals surface area (Å²) in [6.45, 7) is 1.83. The summed E-state index contributed by atoms with van der Waals surface area (Å²) in [7, 11) is 1.47. The molecule has 0 aliphatic heterocycles. The number of carboxylic acids is 1. The van der Waals surface area contributed by atoms with E-state index in [2.05, 4.69) is 20.9 Å². The highest BCUT2D eigenvalue weighted by Gasteiger charge is 2.15. The van der Waals surface area contributed by atoms with Gasteiger partial charge in [0.15, 0.2) is 0 Å². The van der Waals surface area contributed by atoms with E-state index in [0.717, 1.165) is 10.0 Å². The van der Waals surface area contributed by atoms with Crippen LogP contribution < -0.4 is 9.47 Å². The topological polar surface area (TPSA) is 68.7 Å². The van der Waals surface area contributed by atoms with Gasteiger partial charge in [-0.15, -0.1) is 0 Å². The lowest BCUT2D eigenvalue weighted by atomic mass is 10.2. The van der Waals surface area contributed by atoms with Crippen LogP contribution in [-0.2, 0) is 0 Å². The summed E-state index contributed by atoms with van der Waals surface area (Å²) in [6, 6.07) is 6.43. The molecule has 1 heterocycles. The number of benzene rings is 1. The zero-order chi connectivity index (χ0) is 14.7. The van der Waals surface area contributed by atoms with E-state index < -0.39 is 5.97 Å². The van der Waals surface area contributed by atoms with Gasteiger partial charge >= 0.3 is 5.97 Å². The molecule has 0 atom stereocenters. The Balaban J connectivity index is 2.40. The van der Waals surface area contributed by atoms with Gasteiger partial charge in [0.2, 0.25) is 5.88 Å². The Morgan fingerprint density at radius 3 is 2.70 bits per heavy atom. The van der Waals surface area contributed by atoms with E-state index in [1.165, 1.54) is 13.2 Å². The number of methoxy groups -OCH3 is 1.